The van der Waals surface area contributed by atoms with Crippen LogP contribution < -0.4 is 5.32 Å². The summed E-state index contributed by atoms with van der Waals surface area (Å²) in [6.07, 6.45) is 1.37. The van der Waals surface area contributed by atoms with Gasteiger partial charge < -0.3 is 10.1 Å². The van der Waals surface area contributed by atoms with E-state index in [1.807, 2.05) is 11.3 Å². The summed E-state index contributed by atoms with van der Waals surface area (Å²) in [5, 5.41) is 5.70. The second kappa shape index (κ2) is 6.26. The molecule has 0 saturated heterocycles. The van der Waals surface area contributed by atoms with E-state index in [1.165, 1.54) is 10.4 Å². The molecular formula is C12H21NOS. The fraction of sp³-hybridized carbons (Fsp3) is 0.667. The molecule has 0 aliphatic rings. The van der Waals surface area contributed by atoms with Crippen molar-refractivity contribution in [1.82, 2.24) is 5.32 Å². The monoisotopic (exact) mass is 227 g/mol. The molecule has 1 aromatic heterocycles. The maximum Gasteiger partial charge on any atom is 0.0745 e. The van der Waals surface area contributed by atoms with Crippen LogP contribution in [0.4, 0.5) is 0 Å². The van der Waals surface area contributed by atoms with Gasteiger partial charge in [0, 0.05) is 12.0 Å². The molecule has 0 fully saturated rings. The molecule has 0 amide bonds. The molecule has 2 atom stereocenters. The van der Waals surface area contributed by atoms with Crippen LogP contribution in [-0.4, -0.2) is 19.8 Å². The zero-order valence-electron chi connectivity index (χ0n) is 10.0. The van der Waals surface area contributed by atoms with Gasteiger partial charge in [-0.15, -0.1) is 11.3 Å². The van der Waals surface area contributed by atoms with Crippen molar-refractivity contribution >= 4 is 11.3 Å². The maximum atomic E-state index is 5.43. The molecule has 86 valence electrons. The Morgan fingerprint density at radius 1 is 1.53 bits per heavy atom. The summed E-state index contributed by atoms with van der Waals surface area (Å²) in [4.78, 5) is 1.40. The zero-order chi connectivity index (χ0) is 11.3. The number of methoxy groups -OCH3 is 1. The average molecular weight is 227 g/mol. The highest BCUT2D eigenvalue weighted by Crippen LogP contribution is 2.27. The molecule has 0 aromatic carbocycles. The van der Waals surface area contributed by atoms with Crippen molar-refractivity contribution in [3.8, 4) is 0 Å². The van der Waals surface area contributed by atoms with E-state index >= 15 is 0 Å². The van der Waals surface area contributed by atoms with Crippen molar-refractivity contribution in [2.45, 2.75) is 39.3 Å². The Morgan fingerprint density at radius 2 is 2.27 bits per heavy atom. The first kappa shape index (κ1) is 12.7. The van der Waals surface area contributed by atoms with E-state index in [9.17, 15) is 0 Å². The Balaban J connectivity index is 2.76. The van der Waals surface area contributed by atoms with Crippen LogP contribution in [-0.2, 0) is 4.74 Å². The summed E-state index contributed by atoms with van der Waals surface area (Å²) < 4.78 is 5.43. The Hall–Kier alpha value is -0.380. The van der Waals surface area contributed by atoms with E-state index in [1.54, 1.807) is 7.11 Å². The molecular weight excluding hydrogens is 206 g/mol. The number of thiophene rings is 1. The summed E-state index contributed by atoms with van der Waals surface area (Å²) >= 11 is 1.81. The number of hydrogen-bond acceptors (Lipinski definition) is 3. The molecule has 1 N–H and O–H groups in total. The summed E-state index contributed by atoms with van der Waals surface area (Å²) in [7, 11) is 1.77. The van der Waals surface area contributed by atoms with Crippen LogP contribution in [0.3, 0.4) is 0 Å². The highest BCUT2D eigenvalue weighted by atomic mass is 32.1. The smallest absolute Gasteiger partial charge is 0.0745 e. The Morgan fingerprint density at radius 3 is 2.73 bits per heavy atom. The van der Waals surface area contributed by atoms with Gasteiger partial charge in [0.25, 0.3) is 0 Å². The fourth-order valence-electron chi connectivity index (χ4n) is 1.61. The van der Waals surface area contributed by atoms with Gasteiger partial charge in [0.05, 0.1) is 12.1 Å². The lowest BCUT2D eigenvalue weighted by molar-refractivity contribution is 0.0839. The molecule has 0 spiro atoms. The molecule has 0 aliphatic carbocycles. The SMILES string of the molecule is CCCNC(c1sccc1C)C(C)OC. The highest BCUT2D eigenvalue weighted by Gasteiger charge is 2.20. The third-order valence-electron chi connectivity index (χ3n) is 2.64. The van der Waals surface area contributed by atoms with E-state index < -0.39 is 0 Å². The largest absolute Gasteiger partial charge is 0.380 e. The summed E-state index contributed by atoms with van der Waals surface area (Å²) in [5.74, 6) is 0. The van der Waals surface area contributed by atoms with Gasteiger partial charge in [-0.2, -0.15) is 0 Å². The lowest BCUT2D eigenvalue weighted by Crippen LogP contribution is -2.31. The fourth-order valence-corrected chi connectivity index (χ4v) is 2.71. The topological polar surface area (TPSA) is 21.3 Å². The molecule has 2 nitrogen and oxygen atoms in total. The summed E-state index contributed by atoms with van der Waals surface area (Å²) in [5.41, 5.74) is 1.36. The van der Waals surface area contributed by atoms with Crippen LogP contribution >= 0.6 is 11.3 Å². The zero-order valence-corrected chi connectivity index (χ0v) is 10.9. The first-order chi connectivity index (χ1) is 7.20. The Bertz CT molecular complexity index is 285. The number of ether oxygens (including phenoxy) is 1. The number of hydrogen-bond donors (Lipinski definition) is 1. The van der Waals surface area contributed by atoms with Gasteiger partial charge in [-0.25, -0.2) is 0 Å². The van der Waals surface area contributed by atoms with Crippen LogP contribution in [0, 0.1) is 6.92 Å². The molecule has 15 heavy (non-hydrogen) atoms. The quantitative estimate of drug-likeness (QED) is 0.806. The van der Waals surface area contributed by atoms with Gasteiger partial charge in [0.2, 0.25) is 0 Å². The minimum Gasteiger partial charge on any atom is -0.380 e. The number of rotatable bonds is 6. The molecule has 2 unspecified atom stereocenters. The van der Waals surface area contributed by atoms with E-state index in [0.29, 0.717) is 6.04 Å². The van der Waals surface area contributed by atoms with Gasteiger partial charge in [-0.3, -0.25) is 0 Å². The predicted octanol–water partition coefficient (Wildman–Crippen LogP) is 3.13. The van der Waals surface area contributed by atoms with Crippen LogP contribution in [0.2, 0.25) is 0 Å². The lowest BCUT2D eigenvalue weighted by Gasteiger charge is -2.24. The number of nitrogens with one attached hydrogen (secondary N) is 1. The van der Waals surface area contributed by atoms with Gasteiger partial charge in [0.1, 0.15) is 0 Å². The maximum absolute atomic E-state index is 5.43. The van der Waals surface area contributed by atoms with Crippen molar-refractivity contribution in [1.29, 1.82) is 0 Å². The first-order valence-corrected chi connectivity index (χ1v) is 6.38. The number of aryl methyl sites for hydroxylation is 1. The molecule has 0 bridgehead atoms. The first-order valence-electron chi connectivity index (χ1n) is 5.50. The summed E-state index contributed by atoms with van der Waals surface area (Å²) in [6, 6.07) is 2.50. The van der Waals surface area contributed by atoms with E-state index in [-0.39, 0.29) is 6.10 Å². The predicted molar refractivity (Wildman–Crippen MR) is 66.6 cm³/mol. The average Bonchev–Trinajstić information content (AvgIpc) is 2.65. The van der Waals surface area contributed by atoms with Crippen LogP contribution in [0.1, 0.15) is 36.8 Å². The van der Waals surface area contributed by atoms with Crippen molar-refractivity contribution in [2.75, 3.05) is 13.7 Å². The second-order valence-electron chi connectivity index (χ2n) is 3.84. The van der Waals surface area contributed by atoms with E-state index in [0.717, 1.165) is 13.0 Å². The normalized spacial score (nSPS) is 15.2. The minimum atomic E-state index is 0.217. The molecule has 0 radical (unpaired) electrons. The van der Waals surface area contributed by atoms with Crippen molar-refractivity contribution in [3.63, 3.8) is 0 Å². The Kier molecular flexibility index (Phi) is 5.29. The van der Waals surface area contributed by atoms with Gasteiger partial charge in [-0.05, 0) is 43.8 Å². The Labute approximate surface area is 96.7 Å². The van der Waals surface area contributed by atoms with Gasteiger partial charge in [0.15, 0.2) is 0 Å². The van der Waals surface area contributed by atoms with Crippen molar-refractivity contribution in [3.05, 3.63) is 21.9 Å². The van der Waals surface area contributed by atoms with Crippen molar-refractivity contribution < 1.29 is 4.74 Å². The molecule has 1 aromatic rings. The molecule has 1 rings (SSSR count). The van der Waals surface area contributed by atoms with Crippen LogP contribution in [0.5, 0.6) is 0 Å². The minimum absolute atomic E-state index is 0.217. The molecule has 1 heterocycles. The van der Waals surface area contributed by atoms with E-state index in [4.69, 9.17) is 4.74 Å². The van der Waals surface area contributed by atoms with Gasteiger partial charge in [-0.1, -0.05) is 6.92 Å². The van der Waals surface area contributed by atoms with Crippen molar-refractivity contribution in [2.24, 2.45) is 0 Å². The molecule has 0 saturated carbocycles. The summed E-state index contributed by atoms with van der Waals surface area (Å²) in [6.45, 7) is 7.50. The highest BCUT2D eigenvalue weighted by molar-refractivity contribution is 7.10. The van der Waals surface area contributed by atoms with Crippen LogP contribution in [0.25, 0.3) is 0 Å². The second-order valence-corrected chi connectivity index (χ2v) is 4.79. The van der Waals surface area contributed by atoms with E-state index in [2.05, 4.69) is 37.5 Å². The standard InChI is InChI=1S/C12H21NOS/c1-5-7-13-11(10(3)14-4)12-9(2)6-8-15-12/h6,8,10-11,13H,5,7H2,1-4H3. The lowest BCUT2D eigenvalue weighted by atomic mass is 10.1. The van der Waals surface area contributed by atoms with Gasteiger partial charge >= 0.3 is 0 Å². The van der Waals surface area contributed by atoms with Crippen LogP contribution in [0.15, 0.2) is 11.4 Å². The molecule has 0 aliphatic heterocycles. The third-order valence-corrected chi connectivity index (χ3v) is 3.74. The third kappa shape index (κ3) is 3.30. The molecule has 3 heteroatoms.